The molecule has 0 saturated carbocycles. The average Bonchev–Trinajstić information content (AvgIpc) is 2.87. The molecule has 128 valence electrons. The van der Waals surface area contributed by atoms with Crippen LogP contribution in [0.15, 0.2) is 24.3 Å². The Morgan fingerprint density at radius 1 is 1.22 bits per heavy atom. The van der Waals surface area contributed by atoms with Crippen molar-refractivity contribution < 1.29 is 18.3 Å². The zero-order chi connectivity index (χ0) is 16.9. The molecule has 1 fully saturated rings. The lowest BCUT2D eigenvalue weighted by Gasteiger charge is -2.28. The lowest BCUT2D eigenvalue weighted by Crippen LogP contribution is -2.41. The second-order valence-electron chi connectivity index (χ2n) is 5.85. The van der Waals surface area contributed by atoms with Gasteiger partial charge < -0.3 is 10.0 Å². The smallest absolute Gasteiger partial charge is 0.254 e. The van der Waals surface area contributed by atoms with Crippen LogP contribution in [0.2, 0.25) is 5.02 Å². The van der Waals surface area contributed by atoms with Crippen LogP contribution in [-0.4, -0.2) is 55.0 Å². The largest absolute Gasteiger partial charge is 0.396 e. The fourth-order valence-corrected chi connectivity index (χ4v) is 4.66. The minimum Gasteiger partial charge on any atom is -0.396 e. The summed E-state index contributed by atoms with van der Waals surface area (Å²) in [5, 5.41) is 9.41. The molecule has 1 atom stereocenters. The zero-order valence-electron chi connectivity index (χ0n) is 12.9. The molecule has 1 aliphatic rings. The Morgan fingerprint density at radius 3 is 2.48 bits per heavy atom. The number of amides is 1. The van der Waals surface area contributed by atoms with Gasteiger partial charge in [0.15, 0.2) is 9.84 Å². The number of hydrogen-bond acceptors (Lipinski definition) is 4. The summed E-state index contributed by atoms with van der Waals surface area (Å²) >= 11 is 5.85. The third-order valence-corrected chi connectivity index (χ3v) is 6.06. The topological polar surface area (TPSA) is 74.7 Å². The summed E-state index contributed by atoms with van der Waals surface area (Å²) in [6.07, 6.45) is 2.73. The zero-order valence-corrected chi connectivity index (χ0v) is 14.5. The molecule has 1 aromatic rings. The number of hydrogen-bond donors (Lipinski definition) is 1. The molecule has 0 spiro atoms. The van der Waals surface area contributed by atoms with E-state index in [2.05, 4.69) is 0 Å². The Morgan fingerprint density at radius 2 is 1.91 bits per heavy atom. The second kappa shape index (κ2) is 8.13. The number of nitrogens with zero attached hydrogens (tertiary/aromatic N) is 1. The number of benzene rings is 1. The SMILES string of the molecule is O=C(c1ccc(Cl)cc1)N(CCCCCO)[C@@H]1CCS(=O)(=O)C1. The van der Waals surface area contributed by atoms with E-state index in [-0.39, 0.29) is 30.1 Å². The lowest BCUT2D eigenvalue weighted by atomic mass is 10.1. The van der Waals surface area contributed by atoms with Gasteiger partial charge in [-0.2, -0.15) is 0 Å². The summed E-state index contributed by atoms with van der Waals surface area (Å²) in [5.41, 5.74) is 0.515. The van der Waals surface area contributed by atoms with Gasteiger partial charge in [0.25, 0.3) is 5.91 Å². The van der Waals surface area contributed by atoms with Gasteiger partial charge in [0.2, 0.25) is 0 Å². The van der Waals surface area contributed by atoms with Crippen molar-refractivity contribution in [3.05, 3.63) is 34.9 Å². The van der Waals surface area contributed by atoms with E-state index in [9.17, 15) is 13.2 Å². The number of carbonyl (C=O) groups is 1. The van der Waals surface area contributed by atoms with Crippen LogP contribution in [0.25, 0.3) is 0 Å². The van der Waals surface area contributed by atoms with E-state index in [1.165, 1.54) is 0 Å². The predicted molar refractivity (Wildman–Crippen MR) is 90.5 cm³/mol. The highest BCUT2D eigenvalue weighted by atomic mass is 35.5. The van der Waals surface area contributed by atoms with Crippen LogP contribution in [0.3, 0.4) is 0 Å². The molecule has 1 aromatic carbocycles. The minimum atomic E-state index is -3.05. The van der Waals surface area contributed by atoms with Gasteiger partial charge in [-0.3, -0.25) is 4.79 Å². The van der Waals surface area contributed by atoms with Gasteiger partial charge >= 0.3 is 0 Å². The Labute approximate surface area is 142 Å². The van der Waals surface area contributed by atoms with Gasteiger partial charge in [0, 0.05) is 29.8 Å². The molecular formula is C16H22ClNO4S. The van der Waals surface area contributed by atoms with Gasteiger partial charge in [-0.25, -0.2) is 8.42 Å². The van der Waals surface area contributed by atoms with E-state index >= 15 is 0 Å². The van der Waals surface area contributed by atoms with E-state index in [0.29, 0.717) is 30.0 Å². The highest BCUT2D eigenvalue weighted by Gasteiger charge is 2.34. The quantitative estimate of drug-likeness (QED) is 0.757. The van der Waals surface area contributed by atoms with Crippen LogP contribution in [-0.2, 0) is 9.84 Å². The van der Waals surface area contributed by atoms with Crippen molar-refractivity contribution in [3.8, 4) is 0 Å². The van der Waals surface area contributed by atoms with E-state index in [1.54, 1.807) is 29.2 Å². The van der Waals surface area contributed by atoms with Crippen molar-refractivity contribution in [1.29, 1.82) is 0 Å². The van der Waals surface area contributed by atoms with Gasteiger partial charge in [0.1, 0.15) is 0 Å². The predicted octanol–water partition coefficient (Wildman–Crippen LogP) is 2.13. The number of carbonyl (C=O) groups excluding carboxylic acids is 1. The molecule has 0 aliphatic carbocycles. The van der Waals surface area contributed by atoms with E-state index < -0.39 is 9.84 Å². The van der Waals surface area contributed by atoms with Crippen molar-refractivity contribution in [2.75, 3.05) is 24.7 Å². The second-order valence-corrected chi connectivity index (χ2v) is 8.51. The molecule has 0 aromatic heterocycles. The first-order valence-corrected chi connectivity index (χ1v) is 10.0. The minimum absolute atomic E-state index is 0.0341. The third-order valence-electron chi connectivity index (χ3n) is 4.06. The highest BCUT2D eigenvalue weighted by molar-refractivity contribution is 7.91. The third kappa shape index (κ3) is 5.19. The normalized spacial score (nSPS) is 19.7. The summed E-state index contributed by atoms with van der Waals surface area (Å²) in [6.45, 7) is 0.630. The molecular weight excluding hydrogens is 338 g/mol. The Kier molecular flexibility index (Phi) is 6.44. The highest BCUT2D eigenvalue weighted by Crippen LogP contribution is 2.21. The van der Waals surface area contributed by atoms with Crippen molar-refractivity contribution in [2.24, 2.45) is 0 Å². The van der Waals surface area contributed by atoms with Crippen molar-refractivity contribution in [2.45, 2.75) is 31.7 Å². The van der Waals surface area contributed by atoms with Gasteiger partial charge in [-0.05, 0) is 49.9 Å². The molecule has 7 heteroatoms. The Hall–Kier alpha value is -1.11. The van der Waals surface area contributed by atoms with Crippen LogP contribution in [0.5, 0.6) is 0 Å². The fraction of sp³-hybridized carbons (Fsp3) is 0.562. The first-order valence-electron chi connectivity index (χ1n) is 7.81. The maximum atomic E-state index is 12.8. The molecule has 0 unspecified atom stereocenters. The number of aliphatic hydroxyl groups is 1. The summed E-state index contributed by atoms with van der Waals surface area (Å²) < 4.78 is 23.5. The number of halogens is 1. The van der Waals surface area contributed by atoms with Crippen LogP contribution < -0.4 is 0 Å². The van der Waals surface area contributed by atoms with Crippen LogP contribution in [0, 0.1) is 0 Å². The standard InChI is InChI=1S/C16H22ClNO4S/c17-14-6-4-13(5-7-14)16(20)18(9-2-1-3-10-19)15-8-11-23(21,22)12-15/h4-7,15,19H,1-3,8-12H2/t15-/m1/s1. The van der Waals surface area contributed by atoms with Gasteiger partial charge in [-0.15, -0.1) is 0 Å². The Bertz CT molecular complexity index is 630. The molecule has 1 saturated heterocycles. The van der Waals surface area contributed by atoms with E-state index in [1.807, 2.05) is 0 Å². The van der Waals surface area contributed by atoms with Gasteiger partial charge in [-0.1, -0.05) is 11.6 Å². The molecule has 1 amide bonds. The summed E-state index contributed by atoms with van der Waals surface area (Å²) in [6, 6.07) is 6.37. The number of rotatable bonds is 7. The average molecular weight is 360 g/mol. The molecule has 0 radical (unpaired) electrons. The summed E-state index contributed by atoms with van der Waals surface area (Å²) in [7, 11) is -3.05. The fourth-order valence-electron chi connectivity index (χ4n) is 2.80. The molecule has 1 N–H and O–H groups in total. The van der Waals surface area contributed by atoms with Crippen molar-refractivity contribution in [1.82, 2.24) is 4.90 Å². The lowest BCUT2D eigenvalue weighted by molar-refractivity contribution is 0.0692. The first-order chi connectivity index (χ1) is 10.9. The van der Waals surface area contributed by atoms with Crippen LogP contribution in [0.4, 0.5) is 0 Å². The summed E-state index contributed by atoms with van der Waals surface area (Å²) in [4.78, 5) is 14.4. The van der Waals surface area contributed by atoms with Crippen molar-refractivity contribution in [3.63, 3.8) is 0 Å². The molecule has 1 heterocycles. The van der Waals surface area contributed by atoms with Gasteiger partial charge in [0.05, 0.1) is 11.5 Å². The number of sulfone groups is 1. The summed E-state index contributed by atoms with van der Waals surface area (Å²) in [5.74, 6) is 0.0122. The van der Waals surface area contributed by atoms with Crippen LogP contribution in [0.1, 0.15) is 36.0 Å². The number of aliphatic hydroxyl groups excluding tert-OH is 1. The molecule has 1 aliphatic heterocycles. The molecule has 2 rings (SSSR count). The maximum absolute atomic E-state index is 12.8. The monoisotopic (exact) mass is 359 g/mol. The first kappa shape index (κ1) is 18.2. The van der Waals surface area contributed by atoms with Crippen molar-refractivity contribution >= 4 is 27.3 Å². The van der Waals surface area contributed by atoms with E-state index in [4.69, 9.17) is 16.7 Å². The molecule has 0 bridgehead atoms. The van der Waals surface area contributed by atoms with Crippen LogP contribution >= 0.6 is 11.6 Å². The van der Waals surface area contributed by atoms with E-state index in [0.717, 1.165) is 12.8 Å². The Balaban J connectivity index is 2.11. The maximum Gasteiger partial charge on any atom is 0.254 e. The molecule has 23 heavy (non-hydrogen) atoms. The number of unbranched alkanes of at least 4 members (excludes halogenated alkanes) is 2. The molecule has 5 nitrogen and oxygen atoms in total.